The van der Waals surface area contributed by atoms with Gasteiger partial charge in [-0.25, -0.2) is 0 Å². The minimum absolute atomic E-state index is 0.235. The van der Waals surface area contributed by atoms with E-state index in [2.05, 4.69) is 272 Å². The van der Waals surface area contributed by atoms with E-state index >= 15 is 0 Å². The largest absolute Gasteiger partial charge is 0.309 e. The van der Waals surface area contributed by atoms with Crippen LogP contribution >= 0.6 is 0 Å². The summed E-state index contributed by atoms with van der Waals surface area (Å²) in [7, 11) is 0. The lowest BCUT2D eigenvalue weighted by Crippen LogP contribution is -2.02. The minimum atomic E-state index is 0.235. The number of nitrogens with zero attached hydrogens (tertiary/aromatic N) is 1. The molecule has 0 saturated carbocycles. The fourth-order valence-corrected chi connectivity index (χ4v) is 9.97. The van der Waals surface area contributed by atoms with E-state index in [0.717, 1.165) is 12.1 Å². The van der Waals surface area contributed by atoms with Gasteiger partial charge in [0.1, 0.15) is 0 Å². The summed E-state index contributed by atoms with van der Waals surface area (Å²) in [5.41, 5.74) is 21.9. The maximum atomic E-state index is 2.50. The fraction of sp³-hybridized carbons (Fsp3) is 0.0303. The van der Waals surface area contributed by atoms with Crippen LogP contribution in [0.1, 0.15) is 23.5 Å². The van der Waals surface area contributed by atoms with E-state index in [1.807, 2.05) is 0 Å². The molecule has 0 N–H and O–H groups in total. The van der Waals surface area contributed by atoms with Crippen molar-refractivity contribution in [2.75, 3.05) is 0 Å². The van der Waals surface area contributed by atoms with Gasteiger partial charge in [0.2, 0.25) is 0 Å². The van der Waals surface area contributed by atoms with Crippen LogP contribution in [-0.2, 0) is 0 Å². The molecular formula is C66H47N. The molecule has 12 rings (SSSR count). The lowest BCUT2D eigenvalue weighted by molar-refractivity contribution is 0.855. The van der Waals surface area contributed by atoms with Crippen molar-refractivity contribution in [1.82, 2.24) is 4.57 Å². The molecule has 1 aliphatic rings. The molecule has 10 aromatic carbocycles. The Morgan fingerprint density at radius 2 is 0.657 bits per heavy atom. The van der Waals surface area contributed by atoms with Gasteiger partial charge in [0.25, 0.3) is 0 Å². The van der Waals surface area contributed by atoms with Crippen LogP contribution in [0.25, 0.3) is 99.8 Å². The lowest BCUT2D eigenvalue weighted by atomic mass is 9.86. The summed E-state index contributed by atoms with van der Waals surface area (Å²) in [4.78, 5) is 0. The molecule has 0 spiro atoms. The molecule has 1 nitrogen and oxygen atoms in total. The third-order valence-corrected chi connectivity index (χ3v) is 13.6. The van der Waals surface area contributed by atoms with Crippen molar-refractivity contribution in [3.05, 3.63) is 278 Å². The highest BCUT2D eigenvalue weighted by atomic mass is 15.0. The van der Waals surface area contributed by atoms with Crippen LogP contribution in [0.4, 0.5) is 0 Å². The highest BCUT2D eigenvalue weighted by molar-refractivity contribution is 6.12. The van der Waals surface area contributed by atoms with Crippen LogP contribution in [0.5, 0.6) is 0 Å². The first-order valence-electron chi connectivity index (χ1n) is 23.3. The third-order valence-electron chi connectivity index (χ3n) is 13.6. The van der Waals surface area contributed by atoms with E-state index in [1.165, 1.54) is 105 Å². The molecule has 1 unspecified atom stereocenters. The first kappa shape index (κ1) is 40.0. The van der Waals surface area contributed by atoms with Gasteiger partial charge in [-0.3, -0.25) is 0 Å². The second-order valence-corrected chi connectivity index (χ2v) is 17.7. The first-order valence-corrected chi connectivity index (χ1v) is 23.3. The summed E-state index contributed by atoms with van der Waals surface area (Å²) < 4.78 is 2.50. The molecule has 316 valence electrons. The maximum absolute atomic E-state index is 2.50. The molecule has 11 aromatic rings. The van der Waals surface area contributed by atoms with Crippen LogP contribution < -0.4 is 0 Å². The van der Waals surface area contributed by atoms with Gasteiger partial charge >= 0.3 is 0 Å². The number of benzene rings is 10. The van der Waals surface area contributed by atoms with Gasteiger partial charge in [-0.1, -0.05) is 231 Å². The van der Waals surface area contributed by atoms with E-state index in [9.17, 15) is 0 Å². The molecule has 67 heavy (non-hydrogen) atoms. The molecule has 0 radical (unpaired) electrons. The number of aromatic nitrogens is 1. The summed E-state index contributed by atoms with van der Waals surface area (Å²) in [6.45, 7) is 0. The average Bonchev–Trinajstić information content (AvgIpc) is 3.75. The Balaban J connectivity index is 1.01. The Hall–Kier alpha value is -8.52. The molecular weight excluding hydrogens is 807 g/mol. The zero-order valence-corrected chi connectivity index (χ0v) is 37.1. The highest BCUT2D eigenvalue weighted by Crippen LogP contribution is 2.41. The van der Waals surface area contributed by atoms with Gasteiger partial charge in [-0.15, -0.1) is 0 Å². The van der Waals surface area contributed by atoms with Crippen LogP contribution in [-0.4, -0.2) is 4.57 Å². The summed E-state index contributed by atoms with van der Waals surface area (Å²) >= 11 is 0. The molecule has 0 saturated heterocycles. The molecule has 0 fully saturated rings. The zero-order valence-electron chi connectivity index (χ0n) is 37.1. The van der Waals surface area contributed by atoms with E-state index in [1.54, 1.807) is 0 Å². The van der Waals surface area contributed by atoms with Crippen molar-refractivity contribution < 1.29 is 0 Å². The second-order valence-electron chi connectivity index (χ2n) is 17.7. The SMILES string of the molecule is C1=CC(c2cc(-c3ccc(-c4ccccc4)cc3)cc(-n3c4ccc(-c5ccc(-c6ccccc6)cc5)cc4c4cc(-c5ccc(-c6ccccc6)cc5)ccc43)c2)CC=C1c1ccccc1. The van der Waals surface area contributed by atoms with Gasteiger partial charge in [-0.05, 0) is 126 Å². The van der Waals surface area contributed by atoms with Gasteiger partial charge in [0.05, 0.1) is 11.0 Å². The molecule has 1 aliphatic carbocycles. The van der Waals surface area contributed by atoms with E-state index in [4.69, 9.17) is 0 Å². The molecule has 1 heterocycles. The van der Waals surface area contributed by atoms with Crippen molar-refractivity contribution in [3.63, 3.8) is 0 Å². The number of rotatable bonds is 9. The van der Waals surface area contributed by atoms with Gasteiger partial charge in [0.15, 0.2) is 0 Å². The predicted octanol–water partition coefficient (Wildman–Crippen LogP) is 17.9. The Labute approximate surface area is 392 Å². The fourth-order valence-electron chi connectivity index (χ4n) is 9.97. The molecule has 1 aromatic heterocycles. The van der Waals surface area contributed by atoms with Gasteiger partial charge < -0.3 is 4.57 Å². The van der Waals surface area contributed by atoms with Gasteiger partial charge in [0, 0.05) is 22.4 Å². The Morgan fingerprint density at radius 1 is 0.299 bits per heavy atom. The number of hydrogen-bond donors (Lipinski definition) is 0. The minimum Gasteiger partial charge on any atom is -0.309 e. The molecule has 0 bridgehead atoms. The van der Waals surface area contributed by atoms with Crippen molar-refractivity contribution in [1.29, 1.82) is 0 Å². The monoisotopic (exact) mass is 853 g/mol. The number of hydrogen-bond acceptors (Lipinski definition) is 0. The highest BCUT2D eigenvalue weighted by Gasteiger charge is 2.20. The number of allylic oxidation sites excluding steroid dienone is 4. The van der Waals surface area contributed by atoms with Crippen molar-refractivity contribution in [2.24, 2.45) is 0 Å². The predicted molar refractivity (Wildman–Crippen MR) is 284 cm³/mol. The summed E-state index contributed by atoms with van der Waals surface area (Å²) in [6, 6.07) is 91.0. The Morgan fingerprint density at radius 3 is 1.06 bits per heavy atom. The Kier molecular flexibility index (Phi) is 10.4. The van der Waals surface area contributed by atoms with E-state index in [0.29, 0.717) is 0 Å². The Bertz CT molecular complexity index is 3440. The second kappa shape index (κ2) is 17.5. The van der Waals surface area contributed by atoms with Crippen LogP contribution in [0.2, 0.25) is 0 Å². The quantitative estimate of drug-likeness (QED) is 0.136. The van der Waals surface area contributed by atoms with Crippen LogP contribution in [0, 0.1) is 0 Å². The lowest BCUT2D eigenvalue weighted by Gasteiger charge is -2.20. The van der Waals surface area contributed by atoms with Crippen molar-refractivity contribution >= 4 is 27.4 Å². The van der Waals surface area contributed by atoms with Gasteiger partial charge in [-0.2, -0.15) is 0 Å². The first-order chi connectivity index (χ1) is 33.2. The topological polar surface area (TPSA) is 4.93 Å². The average molecular weight is 854 g/mol. The molecule has 0 aliphatic heterocycles. The smallest absolute Gasteiger partial charge is 0.0541 e. The molecule has 1 heteroatoms. The van der Waals surface area contributed by atoms with Crippen LogP contribution in [0.3, 0.4) is 0 Å². The van der Waals surface area contributed by atoms with Crippen LogP contribution in [0.15, 0.2) is 267 Å². The molecule has 0 amide bonds. The molecule has 1 atom stereocenters. The summed E-state index contributed by atoms with van der Waals surface area (Å²) in [5.74, 6) is 0.235. The third kappa shape index (κ3) is 7.92. The number of fused-ring (bicyclic) bond motifs is 3. The normalized spacial score (nSPS) is 13.5. The van der Waals surface area contributed by atoms with E-state index in [-0.39, 0.29) is 5.92 Å². The van der Waals surface area contributed by atoms with Crippen molar-refractivity contribution in [3.8, 4) is 72.4 Å². The van der Waals surface area contributed by atoms with E-state index < -0.39 is 0 Å². The summed E-state index contributed by atoms with van der Waals surface area (Å²) in [5, 5.41) is 2.46. The maximum Gasteiger partial charge on any atom is 0.0541 e. The summed E-state index contributed by atoms with van der Waals surface area (Å²) in [6.07, 6.45) is 8.05. The van der Waals surface area contributed by atoms with Crippen molar-refractivity contribution in [2.45, 2.75) is 12.3 Å². The zero-order chi connectivity index (χ0) is 44.5. The standard InChI is InChI=1S/C66H47N/c1-5-13-46(14-6-1)50-21-29-54(30-22-50)58-37-39-65-63(44-58)64-45-59(55-31-23-51(24-32-55)47-15-7-2-8-16-47)38-40-66(64)67(65)62-42-60(56-33-25-52(26-34-56)48-17-9-3-10-18-48)41-61(43-62)57-35-27-53(28-36-57)49-19-11-4-12-20-49/h1-35,37-45,57H,36H2.